The number of carbonyl (C=O) groups excluding carboxylic acids is 1. The number of rotatable bonds is 5. The molecule has 1 amide bonds. The van der Waals surface area contributed by atoms with Gasteiger partial charge in [-0.2, -0.15) is 0 Å². The van der Waals surface area contributed by atoms with Crippen molar-refractivity contribution in [2.75, 3.05) is 26.7 Å². The van der Waals surface area contributed by atoms with Crippen molar-refractivity contribution in [3.05, 3.63) is 29.6 Å². The van der Waals surface area contributed by atoms with Crippen molar-refractivity contribution in [2.24, 2.45) is 7.05 Å². The summed E-state index contributed by atoms with van der Waals surface area (Å²) in [6, 6.07) is 1.37. The van der Waals surface area contributed by atoms with Crippen molar-refractivity contribution in [1.29, 1.82) is 0 Å². The monoisotopic (exact) mass is 348 g/mol. The molecule has 22 heavy (non-hydrogen) atoms. The molecule has 0 unspecified atom stereocenters. The third-order valence-electron chi connectivity index (χ3n) is 3.40. The van der Waals surface area contributed by atoms with Crippen LogP contribution in [-0.2, 0) is 17.1 Å². The van der Waals surface area contributed by atoms with Crippen LogP contribution >= 0.6 is 12.4 Å². The van der Waals surface area contributed by atoms with Crippen molar-refractivity contribution in [2.45, 2.75) is 11.3 Å². The standard InChI is InChI=1S/C13H20N4O3S.ClH/c1-14-13(18)12-7-11(9-17(12)2)21(19,20)16-8-10-3-5-15-6-4-10;/h3,7,9,15-16H,4-6,8H2,1-2H3,(H,14,18);1H. The van der Waals surface area contributed by atoms with Gasteiger partial charge in [0, 0.05) is 33.4 Å². The van der Waals surface area contributed by atoms with E-state index in [-0.39, 0.29) is 23.2 Å². The fourth-order valence-corrected chi connectivity index (χ4v) is 3.24. The number of carbonyl (C=O) groups is 1. The number of nitrogens with one attached hydrogen (secondary N) is 3. The summed E-state index contributed by atoms with van der Waals surface area (Å²) in [4.78, 5) is 11.7. The Morgan fingerprint density at radius 1 is 1.45 bits per heavy atom. The van der Waals surface area contributed by atoms with Gasteiger partial charge in [-0.05, 0) is 19.0 Å². The van der Waals surface area contributed by atoms with Crippen LogP contribution in [0.4, 0.5) is 0 Å². The van der Waals surface area contributed by atoms with Crippen molar-refractivity contribution >= 4 is 28.3 Å². The van der Waals surface area contributed by atoms with E-state index in [1.54, 1.807) is 7.05 Å². The van der Waals surface area contributed by atoms with Crippen LogP contribution < -0.4 is 15.4 Å². The van der Waals surface area contributed by atoms with Gasteiger partial charge in [-0.15, -0.1) is 12.4 Å². The Balaban J connectivity index is 0.00000242. The summed E-state index contributed by atoms with van der Waals surface area (Å²) in [6.07, 6.45) is 4.26. The molecule has 0 atom stereocenters. The fraction of sp³-hybridized carbons (Fsp3) is 0.462. The normalized spacial score (nSPS) is 14.9. The lowest BCUT2D eigenvalue weighted by Crippen LogP contribution is -2.29. The summed E-state index contributed by atoms with van der Waals surface area (Å²) in [6.45, 7) is 1.93. The molecule has 0 fully saturated rings. The second-order valence-electron chi connectivity index (χ2n) is 4.89. The Bertz CT molecular complexity index is 667. The van der Waals surface area contributed by atoms with Crippen LogP contribution in [0.1, 0.15) is 16.9 Å². The SMILES string of the molecule is CNC(=O)c1cc(S(=O)(=O)NCC2=CCNCC2)cn1C.Cl. The highest BCUT2D eigenvalue weighted by molar-refractivity contribution is 7.89. The number of hydrogen-bond donors (Lipinski definition) is 3. The van der Waals surface area contributed by atoms with Crippen LogP contribution in [0, 0.1) is 0 Å². The molecule has 9 heteroatoms. The molecule has 7 nitrogen and oxygen atoms in total. The molecule has 0 bridgehead atoms. The quantitative estimate of drug-likeness (QED) is 0.653. The van der Waals surface area contributed by atoms with Crippen LogP contribution in [0.15, 0.2) is 28.8 Å². The number of aryl methyl sites for hydroxylation is 1. The molecule has 3 N–H and O–H groups in total. The number of amides is 1. The molecular formula is C13H21ClN4O3S. The Hall–Kier alpha value is -1.35. The number of aromatic nitrogens is 1. The number of sulfonamides is 1. The fourth-order valence-electron chi connectivity index (χ4n) is 2.14. The van der Waals surface area contributed by atoms with Crippen LogP contribution in [0.25, 0.3) is 0 Å². The van der Waals surface area contributed by atoms with Crippen LogP contribution in [0.2, 0.25) is 0 Å². The minimum Gasteiger partial charge on any atom is -0.354 e. The smallest absolute Gasteiger partial charge is 0.267 e. The van der Waals surface area contributed by atoms with Gasteiger partial charge >= 0.3 is 0 Å². The average molecular weight is 349 g/mol. The Morgan fingerprint density at radius 3 is 2.77 bits per heavy atom. The lowest BCUT2D eigenvalue weighted by molar-refractivity contribution is 0.0955. The maximum absolute atomic E-state index is 12.3. The Morgan fingerprint density at radius 2 is 2.18 bits per heavy atom. The highest BCUT2D eigenvalue weighted by Crippen LogP contribution is 2.14. The van der Waals surface area contributed by atoms with E-state index in [0.29, 0.717) is 12.2 Å². The second kappa shape index (κ2) is 7.77. The van der Waals surface area contributed by atoms with Gasteiger partial charge in [0.05, 0.1) is 0 Å². The number of nitrogens with zero attached hydrogens (tertiary/aromatic N) is 1. The third-order valence-corrected chi connectivity index (χ3v) is 4.77. The maximum Gasteiger partial charge on any atom is 0.267 e. The molecule has 124 valence electrons. The zero-order valence-electron chi connectivity index (χ0n) is 12.5. The highest BCUT2D eigenvalue weighted by atomic mass is 35.5. The average Bonchev–Trinajstić information content (AvgIpc) is 2.88. The summed E-state index contributed by atoms with van der Waals surface area (Å²) in [5, 5.41) is 5.65. The van der Waals surface area contributed by atoms with Crippen molar-refractivity contribution in [1.82, 2.24) is 19.9 Å². The zero-order valence-corrected chi connectivity index (χ0v) is 14.2. The minimum absolute atomic E-state index is 0. The summed E-state index contributed by atoms with van der Waals surface area (Å²) >= 11 is 0. The molecule has 0 aromatic carbocycles. The van der Waals surface area contributed by atoms with E-state index in [9.17, 15) is 13.2 Å². The molecule has 0 spiro atoms. The molecule has 0 saturated heterocycles. The van der Waals surface area contributed by atoms with E-state index >= 15 is 0 Å². The van der Waals surface area contributed by atoms with Gasteiger partial charge in [0.15, 0.2) is 0 Å². The third kappa shape index (κ3) is 4.33. The van der Waals surface area contributed by atoms with E-state index in [4.69, 9.17) is 0 Å². The van der Waals surface area contributed by atoms with Gasteiger partial charge < -0.3 is 15.2 Å². The molecule has 1 aliphatic heterocycles. The number of halogens is 1. The van der Waals surface area contributed by atoms with E-state index in [1.807, 2.05) is 6.08 Å². The lowest BCUT2D eigenvalue weighted by Gasteiger charge is -2.14. The maximum atomic E-state index is 12.3. The zero-order chi connectivity index (χ0) is 15.5. The summed E-state index contributed by atoms with van der Waals surface area (Å²) in [7, 11) is -0.472. The molecule has 1 aliphatic rings. The lowest BCUT2D eigenvalue weighted by atomic mass is 10.1. The van der Waals surface area contributed by atoms with Crippen LogP contribution in [-0.4, -0.2) is 45.6 Å². The van der Waals surface area contributed by atoms with Crippen molar-refractivity contribution < 1.29 is 13.2 Å². The summed E-state index contributed by atoms with van der Waals surface area (Å²) < 4.78 is 28.6. The van der Waals surface area contributed by atoms with Crippen LogP contribution in [0.5, 0.6) is 0 Å². The predicted molar refractivity (Wildman–Crippen MR) is 86.8 cm³/mol. The van der Waals surface area contributed by atoms with E-state index < -0.39 is 10.0 Å². The number of hydrogen-bond acceptors (Lipinski definition) is 4. The molecule has 1 aromatic rings. The van der Waals surface area contributed by atoms with Gasteiger partial charge in [-0.1, -0.05) is 11.6 Å². The van der Waals surface area contributed by atoms with E-state index in [2.05, 4.69) is 15.4 Å². The molecule has 0 radical (unpaired) electrons. The first-order valence-electron chi connectivity index (χ1n) is 6.71. The molecule has 0 saturated carbocycles. The van der Waals surface area contributed by atoms with Gasteiger partial charge in [0.25, 0.3) is 5.91 Å². The molecule has 0 aliphatic carbocycles. The van der Waals surface area contributed by atoms with Gasteiger partial charge in [0.1, 0.15) is 10.6 Å². The van der Waals surface area contributed by atoms with Crippen molar-refractivity contribution in [3.8, 4) is 0 Å². The summed E-state index contributed by atoms with van der Waals surface area (Å²) in [5.74, 6) is -0.319. The molecule has 2 heterocycles. The molecule has 1 aromatic heterocycles. The van der Waals surface area contributed by atoms with Gasteiger partial charge in [-0.25, -0.2) is 13.1 Å². The first-order chi connectivity index (χ1) is 9.94. The Kier molecular flexibility index (Phi) is 6.61. The predicted octanol–water partition coefficient (Wildman–Crippen LogP) is 0.00450. The van der Waals surface area contributed by atoms with E-state index in [1.165, 1.54) is 23.9 Å². The first-order valence-corrected chi connectivity index (χ1v) is 8.19. The van der Waals surface area contributed by atoms with Crippen LogP contribution in [0.3, 0.4) is 0 Å². The van der Waals surface area contributed by atoms with Crippen molar-refractivity contribution in [3.63, 3.8) is 0 Å². The first kappa shape index (κ1) is 18.7. The van der Waals surface area contributed by atoms with Gasteiger partial charge in [0.2, 0.25) is 10.0 Å². The second-order valence-corrected chi connectivity index (χ2v) is 6.66. The van der Waals surface area contributed by atoms with Gasteiger partial charge in [-0.3, -0.25) is 4.79 Å². The summed E-state index contributed by atoms with van der Waals surface area (Å²) in [5.41, 5.74) is 1.37. The Labute approximate surface area is 136 Å². The molecule has 2 rings (SSSR count). The minimum atomic E-state index is -3.62. The largest absolute Gasteiger partial charge is 0.354 e. The highest BCUT2D eigenvalue weighted by Gasteiger charge is 2.20. The van der Waals surface area contributed by atoms with E-state index in [0.717, 1.165) is 25.1 Å². The molecular weight excluding hydrogens is 328 g/mol. The topological polar surface area (TPSA) is 92.2 Å².